The van der Waals surface area contributed by atoms with Gasteiger partial charge in [0.2, 0.25) is 5.91 Å². The van der Waals surface area contributed by atoms with Crippen molar-refractivity contribution in [2.75, 3.05) is 23.9 Å². The molecule has 8 heteroatoms. The maximum absolute atomic E-state index is 12.0. The van der Waals surface area contributed by atoms with Crippen molar-refractivity contribution < 1.29 is 9.53 Å². The zero-order chi connectivity index (χ0) is 16.1. The lowest BCUT2D eigenvalue weighted by Crippen LogP contribution is -2.16. The Kier molecular flexibility index (Phi) is 5.05. The molecular weight excluding hydrogens is 304 g/mol. The molecule has 116 valence electrons. The van der Waals surface area contributed by atoms with Gasteiger partial charge in [-0.1, -0.05) is 17.8 Å². The van der Waals surface area contributed by atoms with E-state index < -0.39 is 0 Å². The number of aromatic nitrogens is 2. The maximum Gasteiger partial charge on any atom is 0.253 e. The first-order chi connectivity index (χ1) is 10.5. The first kappa shape index (κ1) is 15.9. The van der Waals surface area contributed by atoms with Crippen molar-refractivity contribution in [2.24, 2.45) is 0 Å². The van der Waals surface area contributed by atoms with Gasteiger partial charge in [-0.3, -0.25) is 9.59 Å². The van der Waals surface area contributed by atoms with Gasteiger partial charge in [0.25, 0.3) is 5.56 Å². The summed E-state index contributed by atoms with van der Waals surface area (Å²) < 4.78 is 5.20. The van der Waals surface area contributed by atoms with Crippen LogP contribution in [0.15, 0.2) is 34.2 Å². The van der Waals surface area contributed by atoms with E-state index >= 15 is 0 Å². The van der Waals surface area contributed by atoms with Gasteiger partial charge < -0.3 is 20.8 Å². The van der Waals surface area contributed by atoms with E-state index in [0.29, 0.717) is 16.6 Å². The summed E-state index contributed by atoms with van der Waals surface area (Å²) in [7, 11) is 1.54. The van der Waals surface area contributed by atoms with Gasteiger partial charge in [0.1, 0.15) is 11.6 Å². The van der Waals surface area contributed by atoms with Crippen LogP contribution < -0.4 is 21.3 Å². The summed E-state index contributed by atoms with van der Waals surface area (Å²) in [6.07, 6.45) is 0. The highest BCUT2D eigenvalue weighted by Crippen LogP contribution is 2.25. The highest BCUT2D eigenvalue weighted by molar-refractivity contribution is 7.99. The molecule has 22 heavy (non-hydrogen) atoms. The summed E-state index contributed by atoms with van der Waals surface area (Å²) in [5.41, 5.74) is 6.74. The van der Waals surface area contributed by atoms with E-state index in [1.54, 1.807) is 6.07 Å². The first-order valence-electron chi connectivity index (χ1n) is 6.42. The van der Waals surface area contributed by atoms with Gasteiger partial charge in [-0.2, -0.15) is 0 Å². The monoisotopic (exact) mass is 320 g/mol. The second-order valence-corrected chi connectivity index (χ2v) is 5.48. The Morgan fingerprint density at radius 1 is 1.45 bits per heavy atom. The van der Waals surface area contributed by atoms with Crippen LogP contribution >= 0.6 is 11.8 Å². The molecule has 0 atom stereocenters. The third-order valence-corrected chi connectivity index (χ3v) is 3.58. The number of ether oxygens (including phenoxy) is 1. The quantitative estimate of drug-likeness (QED) is 0.567. The predicted molar refractivity (Wildman–Crippen MR) is 86.4 cm³/mol. The van der Waals surface area contributed by atoms with Crippen molar-refractivity contribution >= 4 is 29.2 Å². The highest BCUT2D eigenvalue weighted by Gasteiger charge is 2.09. The van der Waals surface area contributed by atoms with Crippen LogP contribution in [0.25, 0.3) is 0 Å². The van der Waals surface area contributed by atoms with Gasteiger partial charge in [0, 0.05) is 6.07 Å². The normalized spacial score (nSPS) is 10.3. The van der Waals surface area contributed by atoms with E-state index in [1.807, 2.05) is 19.1 Å². The summed E-state index contributed by atoms with van der Waals surface area (Å²) in [4.78, 5) is 29.7. The number of rotatable bonds is 5. The van der Waals surface area contributed by atoms with Gasteiger partial charge in [-0.15, -0.1) is 0 Å². The molecule has 0 radical (unpaired) electrons. The lowest BCUT2D eigenvalue weighted by molar-refractivity contribution is -0.113. The second kappa shape index (κ2) is 6.99. The number of carbonyl (C=O) groups excluding carboxylic acids is 1. The summed E-state index contributed by atoms with van der Waals surface area (Å²) >= 11 is 1.09. The SMILES string of the molecule is COc1ccc(C)cc1NC(=O)CSc1nc(N)cc(=O)[nH]1. The van der Waals surface area contributed by atoms with Crippen LogP contribution in [0.3, 0.4) is 0 Å². The van der Waals surface area contributed by atoms with E-state index in [-0.39, 0.29) is 23.0 Å². The Morgan fingerprint density at radius 2 is 2.23 bits per heavy atom. The standard InChI is InChI=1S/C14H16N4O3S/c1-8-3-4-10(21-2)9(5-8)16-13(20)7-22-14-17-11(15)6-12(19)18-14/h3-6H,7H2,1-2H3,(H,16,20)(H3,15,17,18,19). The largest absolute Gasteiger partial charge is 0.495 e. The number of nitrogen functional groups attached to an aromatic ring is 1. The zero-order valence-electron chi connectivity index (χ0n) is 12.2. The Bertz CT molecular complexity index is 745. The van der Waals surface area contributed by atoms with E-state index in [2.05, 4.69) is 15.3 Å². The number of nitrogens with two attached hydrogens (primary N) is 1. The minimum atomic E-state index is -0.351. The Balaban J connectivity index is 2.01. The van der Waals surface area contributed by atoms with E-state index in [9.17, 15) is 9.59 Å². The van der Waals surface area contributed by atoms with Gasteiger partial charge in [-0.25, -0.2) is 4.98 Å². The Morgan fingerprint density at radius 3 is 2.91 bits per heavy atom. The molecule has 1 amide bonds. The zero-order valence-corrected chi connectivity index (χ0v) is 13.0. The molecule has 0 saturated carbocycles. The fraction of sp³-hybridized carbons (Fsp3) is 0.214. The summed E-state index contributed by atoms with van der Waals surface area (Å²) in [5, 5.41) is 3.07. The maximum atomic E-state index is 12.0. The number of carbonyl (C=O) groups is 1. The molecule has 2 rings (SSSR count). The number of benzene rings is 1. The van der Waals surface area contributed by atoms with Crippen LogP contribution in [0.1, 0.15) is 5.56 Å². The lowest BCUT2D eigenvalue weighted by Gasteiger charge is -2.10. The molecule has 0 aliphatic heterocycles. The number of nitrogens with one attached hydrogen (secondary N) is 2. The number of amides is 1. The summed E-state index contributed by atoms with van der Waals surface area (Å²) in [5.74, 6) is 0.550. The molecule has 0 saturated heterocycles. The molecule has 0 unspecified atom stereocenters. The smallest absolute Gasteiger partial charge is 0.253 e. The average molecular weight is 320 g/mol. The van der Waals surface area contributed by atoms with Crippen molar-refractivity contribution in [2.45, 2.75) is 12.1 Å². The number of aromatic amines is 1. The number of aryl methyl sites for hydroxylation is 1. The molecule has 2 aromatic rings. The number of hydrogen-bond acceptors (Lipinski definition) is 6. The number of nitrogens with zero attached hydrogens (tertiary/aromatic N) is 1. The minimum Gasteiger partial charge on any atom is -0.495 e. The molecular formula is C14H16N4O3S. The molecule has 1 aromatic carbocycles. The molecule has 7 nitrogen and oxygen atoms in total. The number of anilines is 2. The molecule has 0 aliphatic rings. The van der Waals surface area contributed by atoms with Crippen LogP contribution in [-0.4, -0.2) is 28.7 Å². The number of thioether (sulfide) groups is 1. The third kappa shape index (κ3) is 4.26. The number of methoxy groups -OCH3 is 1. The number of H-pyrrole nitrogens is 1. The van der Waals surface area contributed by atoms with Gasteiger partial charge in [0.15, 0.2) is 5.16 Å². The van der Waals surface area contributed by atoms with Gasteiger partial charge in [-0.05, 0) is 24.6 Å². The van der Waals surface area contributed by atoms with Crippen LogP contribution in [0.2, 0.25) is 0 Å². The van der Waals surface area contributed by atoms with Crippen molar-refractivity contribution in [1.82, 2.24) is 9.97 Å². The average Bonchev–Trinajstić information content (AvgIpc) is 2.44. The molecule has 0 fully saturated rings. The van der Waals surface area contributed by atoms with Gasteiger partial charge >= 0.3 is 0 Å². The topological polar surface area (TPSA) is 110 Å². The molecule has 4 N–H and O–H groups in total. The number of hydrogen-bond donors (Lipinski definition) is 3. The Labute approximate surface area is 131 Å². The van der Waals surface area contributed by atoms with Gasteiger partial charge in [0.05, 0.1) is 18.6 Å². The first-order valence-corrected chi connectivity index (χ1v) is 7.40. The van der Waals surface area contributed by atoms with Crippen LogP contribution in [0, 0.1) is 6.92 Å². The van der Waals surface area contributed by atoms with E-state index in [4.69, 9.17) is 10.5 Å². The predicted octanol–water partition coefficient (Wildman–Crippen LogP) is 1.40. The fourth-order valence-corrected chi connectivity index (χ4v) is 2.44. The van der Waals surface area contributed by atoms with Crippen molar-refractivity contribution in [1.29, 1.82) is 0 Å². The Hall–Kier alpha value is -2.48. The molecule has 1 heterocycles. The fourth-order valence-electron chi connectivity index (χ4n) is 1.76. The van der Waals surface area contributed by atoms with E-state index in [1.165, 1.54) is 13.2 Å². The van der Waals surface area contributed by atoms with Crippen molar-refractivity contribution in [3.05, 3.63) is 40.2 Å². The second-order valence-electron chi connectivity index (χ2n) is 4.52. The van der Waals surface area contributed by atoms with Crippen LogP contribution in [-0.2, 0) is 4.79 Å². The minimum absolute atomic E-state index is 0.0868. The molecule has 0 spiro atoms. The van der Waals surface area contributed by atoms with Crippen LogP contribution in [0.5, 0.6) is 5.75 Å². The summed E-state index contributed by atoms with van der Waals surface area (Å²) in [6.45, 7) is 1.92. The highest BCUT2D eigenvalue weighted by atomic mass is 32.2. The molecule has 0 bridgehead atoms. The lowest BCUT2D eigenvalue weighted by atomic mass is 10.2. The molecule has 1 aromatic heterocycles. The van der Waals surface area contributed by atoms with Crippen molar-refractivity contribution in [3.63, 3.8) is 0 Å². The van der Waals surface area contributed by atoms with E-state index in [0.717, 1.165) is 17.3 Å². The van der Waals surface area contributed by atoms with Crippen LogP contribution in [0.4, 0.5) is 11.5 Å². The molecule has 0 aliphatic carbocycles. The van der Waals surface area contributed by atoms with Crippen molar-refractivity contribution in [3.8, 4) is 5.75 Å². The summed E-state index contributed by atoms with van der Waals surface area (Å²) in [6, 6.07) is 6.68. The third-order valence-electron chi connectivity index (χ3n) is 2.71.